The van der Waals surface area contributed by atoms with E-state index in [9.17, 15) is 8.42 Å². The van der Waals surface area contributed by atoms with Gasteiger partial charge in [-0.05, 0) is 32.7 Å². The Kier molecular flexibility index (Phi) is 4.21. The lowest BCUT2D eigenvalue weighted by molar-refractivity contribution is 0.0148. The highest BCUT2D eigenvalue weighted by Gasteiger charge is 2.42. The molecule has 1 rings (SSSR count). The van der Waals surface area contributed by atoms with Gasteiger partial charge in [0.25, 0.3) is 0 Å². The van der Waals surface area contributed by atoms with Crippen LogP contribution in [0.4, 0.5) is 0 Å². The highest BCUT2D eigenvalue weighted by atomic mass is 32.2. The van der Waals surface area contributed by atoms with Crippen LogP contribution in [-0.2, 0) is 10.0 Å². The van der Waals surface area contributed by atoms with Crippen LogP contribution >= 0.6 is 0 Å². The number of sulfonamides is 1. The van der Waals surface area contributed by atoms with Gasteiger partial charge in [-0.2, -0.15) is 0 Å². The molecule has 0 N–H and O–H groups in total. The molecule has 0 spiro atoms. The molecule has 0 amide bonds. The lowest BCUT2D eigenvalue weighted by Gasteiger charge is -2.48. The van der Waals surface area contributed by atoms with Crippen molar-refractivity contribution in [3.63, 3.8) is 0 Å². The van der Waals surface area contributed by atoms with E-state index in [4.69, 9.17) is 0 Å². The van der Waals surface area contributed by atoms with Gasteiger partial charge >= 0.3 is 0 Å². The van der Waals surface area contributed by atoms with Gasteiger partial charge in [0.1, 0.15) is 0 Å². The zero-order valence-corrected chi connectivity index (χ0v) is 13.6. The van der Waals surface area contributed by atoms with Gasteiger partial charge in [0, 0.05) is 24.7 Å². The summed E-state index contributed by atoms with van der Waals surface area (Å²) in [5, 5.41) is 0. The molecule has 108 valence electrons. The van der Waals surface area contributed by atoms with E-state index in [0.717, 1.165) is 6.42 Å². The maximum atomic E-state index is 11.6. The number of nitrogens with zero attached hydrogens (tertiary/aromatic N) is 2. The Hall–Kier alpha value is -0.130. The van der Waals surface area contributed by atoms with Crippen LogP contribution < -0.4 is 0 Å². The second-order valence-electron chi connectivity index (χ2n) is 6.98. The van der Waals surface area contributed by atoms with Gasteiger partial charge in [-0.25, -0.2) is 12.7 Å². The van der Waals surface area contributed by atoms with Crippen LogP contribution in [0.25, 0.3) is 0 Å². The Morgan fingerprint density at radius 3 is 2.00 bits per heavy atom. The fourth-order valence-electron chi connectivity index (χ4n) is 2.31. The molecule has 1 heterocycles. The van der Waals surface area contributed by atoms with E-state index < -0.39 is 10.0 Å². The van der Waals surface area contributed by atoms with Crippen LogP contribution in [0, 0.1) is 5.41 Å². The molecule has 1 saturated heterocycles. The Morgan fingerprint density at radius 2 is 1.67 bits per heavy atom. The van der Waals surface area contributed by atoms with Gasteiger partial charge in [0.15, 0.2) is 0 Å². The predicted octanol–water partition coefficient (Wildman–Crippen LogP) is 1.78. The lowest BCUT2D eigenvalue weighted by atomic mass is 9.74. The van der Waals surface area contributed by atoms with E-state index in [-0.39, 0.29) is 11.0 Å². The van der Waals surface area contributed by atoms with Crippen LogP contribution in [0.3, 0.4) is 0 Å². The summed E-state index contributed by atoms with van der Waals surface area (Å²) in [5.74, 6) is 0. The van der Waals surface area contributed by atoms with Gasteiger partial charge in [-0.1, -0.05) is 20.8 Å². The van der Waals surface area contributed by atoms with Crippen molar-refractivity contribution in [1.82, 2.24) is 9.21 Å². The largest absolute Gasteiger partial charge is 0.296 e. The van der Waals surface area contributed by atoms with Crippen molar-refractivity contribution in [2.45, 2.75) is 52.6 Å². The quantitative estimate of drug-likeness (QED) is 0.789. The van der Waals surface area contributed by atoms with E-state index in [1.54, 1.807) is 4.31 Å². The van der Waals surface area contributed by atoms with Crippen molar-refractivity contribution in [2.24, 2.45) is 5.41 Å². The average Bonchev–Trinajstić information content (AvgIpc) is 2.62. The fourth-order valence-corrected chi connectivity index (χ4v) is 3.19. The van der Waals surface area contributed by atoms with Crippen molar-refractivity contribution in [1.29, 1.82) is 0 Å². The summed E-state index contributed by atoms with van der Waals surface area (Å²) in [6.07, 6.45) is 2.22. The molecule has 1 aliphatic heterocycles. The van der Waals surface area contributed by atoms with Crippen molar-refractivity contribution in [3.8, 4) is 0 Å². The number of hydrogen-bond acceptors (Lipinski definition) is 3. The maximum Gasteiger partial charge on any atom is 0.211 e. The molecule has 0 radical (unpaired) electrons. The molecule has 18 heavy (non-hydrogen) atoms. The second-order valence-corrected chi connectivity index (χ2v) is 8.97. The minimum absolute atomic E-state index is 0.0329. The van der Waals surface area contributed by atoms with Crippen LogP contribution in [0.5, 0.6) is 0 Å². The third-order valence-corrected chi connectivity index (χ3v) is 6.13. The molecule has 0 aromatic carbocycles. The van der Waals surface area contributed by atoms with Crippen molar-refractivity contribution >= 4 is 10.0 Å². The van der Waals surface area contributed by atoms with Crippen LogP contribution in [0.2, 0.25) is 0 Å². The summed E-state index contributed by atoms with van der Waals surface area (Å²) < 4.78 is 24.7. The second kappa shape index (κ2) is 4.76. The Bertz CT molecular complexity index is 396. The molecule has 4 nitrogen and oxygen atoms in total. The maximum absolute atomic E-state index is 11.6. The minimum atomic E-state index is -3.04. The van der Waals surface area contributed by atoms with Gasteiger partial charge in [-0.15, -0.1) is 0 Å². The van der Waals surface area contributed by atoms with E-state index in [1.807, 2.05) is 0 Å². The Balaban J connectivity index is 2.80. The minimum Gasteiger partial charge on any atom is -0.296 e. The first-order valence-corrected chi connectivity index (χ1v) is 8.40. The summed E-state index contributed by atoms with van der Waals surface area (Å²) in [5.41, 5.74) is 0.186. The molecule has 0 aromatic rings. The zero-order valence-electron chi connectivity index (χ0n) is 12.8. The Labute approximate surface area is 112 Å². The normalized spacial score (nSPS) is 23.9. The van der Waals surface area contributed by atoms with Gasteiger partial charge in [0.2, 0.25) is 10.0 Å². The van der Waals surface area contributed by atoms with E-state index in [0.29, 0.717) is 19.1 Å². The van der Waals surface area contributed by atoms with E-state index in [1.165, 1.54) is 6.26 Å². The molecular formula is C13H28N2O2S. The molecular weight excluding hydrogens is 248 g/mol. The first-order chi connectivity index (χ1) is 7.87. The smallest absolute Gasteiger partial charge is 0.211 e. The van der Waals surface area contributed by atoms with E-state index in [2.05, 4.69) is 46.6 Å². The summed E-state index contributed by atoms with van der Waals surface area (Å²) in [6, 6.07) is 0.314. The summed E-state index contributed by atoms with van der Waals surface area (Å²) in [7, 11) is -0.930. The van der Waals surface area contributed by atoms with Crippen LogP contribution in [0.1, 0.15) is 41.0 Å². The zero-order chi connectivity index (χ0) is 14.4. The number of likely N-dealkylation sites (N-methyl/N-ethyl adjacent to an activating group) is 1. The molecule has 1 atom stereocenters. The molecule has 0 aliphatic carbocycles. The predicted molar refractivity (Wildman–Crippen MR) is 76.1 cm³/mol. The van der Waals surface area contributed by atoms with Crippen molar-refractivity contribution < 1.29 is 8.42 Å². The van der Waals surface area contributed by atoms with Crippen LogP contribution in [-0.4, -0.2) is 55.6 Å². The van der Waals surface area contributed by atoms with Crippen LogP contribution in [0.15, 0.2) is 0 Å². The summed E-state index contributed by atoms with van der Waals surface area (Å²) in [6.45, 7) is 12.4. The molecule has 1 aliphatic rings. The number of hydrogen-bond donors (Lipinski definition) is 0. The third kappa shape index (κ3) is 3.06. The number of rotatable bonds is 3. The SMILES string of the molecule is CN([C@@H]1CCN(S(C)(=O)=O)C1)C(C)(C)C(C)(C)C. The first kappa shape index (κ1) is 15.9. The molecule has 0 saturated carbocycles. The van der Waals surface area contributed by atoms with Crippen molar-refractivity contribution in [2.75, 3.05) is 26.4 Å². The lowest BCUT2D eigenvalue weighted by Crippen LogP contribution is -2.55. The highest BCUT2D eigenvalue weighted by molar-refractivity contribution is 7.88. The molecule has 0 unspecified atom stereocenters. The van der Waals surface area contributed by atoms with Crippen molar-refractivity contribution in [3.05, 3.63) is 0 Å². The van der Waals surface area contributed by atoms with E-state index >= 15 is 0 Å². The Morgan fingerprint density at radius 1 is 1.17 bits per heavy atom. The highest BCUT2D eigenvalue weighted by Crippen LogP contribution is 2.37. The topological polar surface area (TPSA) is 40.6 Å². The molecule has 1 fully saturated rings. The molecule has 0 aromatic heterocycles. The van der Waals surface area contributed by atoms with Gasteiger partial charge in [-0.3, -0.25) is 4.90 Å². The summed E-state index contributed by atoms with van der Waals surface area (Å²) in [4.78, 5) is 2.35. The standard InChI is InChI=1S/C13H28N2O2S/c1-12(2,3)13(4,5)14(6)11-8-9-15(10-11)18(7,16)17/h11H,8-10H2,1-7H3/t11-/m1/s1. The monoisotopic (exact) mass is 276 g/mol. The fraction of sp³-hybridized carbons (Fsp3) is 1.00. The average molecular weight is 276 g/mol. The summed E-state index contributed by atoms with van der Waals surface area (Å²) >= 11 is 0. The first-order valence-electron chi connectivity index (χ1n) is 6.55. The van der Waals surface area contributed by atoms with Gasteiger partial charge < -0.3 is 0 Å². The third-order valence-electron chi connectivity index (χ3n) is 4.86. The molecule has 5 heteroatoms. The molecule has 0 bridgehead atoms. The van der Waals surface area contributed by atoms with Gasteiger partial charge in [0.05, 0.1) is 6.26 Å².